The number of hydrazine groups is 1. The third kappa shape index (κ3) is 3.77. The smallest absolute Gasteiger partial charge is 0.0495 e. The second kappa shape index (κ2) is 5.98. The van der Waals surface area contributed by atoms with E-state index in [9.17, 15) is 0 Å². The van der Waals surface area contributed by atoms with E-state index in [1.165, 1.54) is 0 Å². The Morgan fingerprint density at radius 3 is 3.08 bits per heavy atom. The fourth-order valence-corrected chi connectivity index (χ4v) is 1.61. The molecule has 0 aromatic rings. The molecule has 1 aliphatic rings. The van der Waals surface area contributed by atoms with Crippen molar-refractivity contribution in [1.29, 1.82) is 0 Å². The van der Waals surface area contributed by atoms with Crippen molar-refractivity contribution in [1.82, 2.24) is 5.43 Å². The largest absolute Gasteiger partial charge is 0.381 e. The Morgan fingerprint density at radius 2 is 2.54 bits per heavy atom. The van der Waals surface area contributed by atoms with Crippen LogP contribution < -0.4 is 11.3 Å². The van der Waals surface area contributed by atoms with Crippen molar-refractivity contribution in [2.24, 2.45) is 11.8 Å². The maximum absolute atomic E-state index is 5.43. The highest BCUT2D eigenvalue weighted by molar-refractivity contribution is 4.98. The van der Waals surface area contributed by atoms with Gasteiger partial charge >= 0.3 is 0 Å². The fraction of sp³-hybridized carbons (Fsp3) is 0.800. The molecule has 0 aromatic heterocycles. The van der Waals surface area contributed by atoms with E-state index in [4.69, 9.17) is 10.6 Å². The van der Waals surface area contributed by atoms with Crippen LogP contribution in [0.3, 0.4) is 0 Å². The van der Waals surface area contributed by atoms with Crippen molar-refractivity contribution in [3.8, 4) is 11.8 Å². The molecule has 0 amide bonds. The normalized spacial score (nSPS) is 23.7. The van der Waals surface area contributed by atoms with Gasteiger partial charge in [-0.1, -0.05) is 0 Å². The molecule has 3 N–H and O–H groups in total. The predicted octanol–water partition coefficient (Wildman–Crippen LogP) is 0.658. The first-order valence-electron chi connectivity index (χ1n) is 4.80. The van der Waals surface area contributed by atoms with Gasteiger partial charge in [0.1, 0.15) is 0 Å². The molecule has 0 aliphatic carbocycles. The molecule has 2 unspecified atom stereocenters. The van der Waals surface area contributed by atoms with Crippen molar-refractivity contribution in [2.45, 2.75) is 32.2 Å². The van der Waals surface area contributed by atoms with Gasteiger partial charge < -0.3 is 4.74 Å². The molecule has 1 fully saturated rings. The SMILES string of the molecule is CC#CCC(CC1CCOC1)NN. The Hall–Kier alpha value is -0.560. The zero-order chi connectivity index (χ0) is 9.52. The third-order valence-electron chi connectivity index (χ3n) is 2.40. The number of hydrogen-bond donors (Lipinski definition) is 2. The van der Waals surface area contributed by atoms with Gasteiger partial charge in [0.15, 0.2) is 0 Å². The molecular formula is C10H18N2O. The Balaban J connectivity index is 2.24. The Morgan fingerprint density at radius 1 is 1.69 bits per heavy atom. The van der Waals surface area contributed by atoms with Gasteiger partial charge in [-0.15, -0.1) is 11.8 Å². The van der Waals surface area contributed by atoms with E-state index < -0.39 is 0 Å². The number of ether oxygens (including phenoxy) is 1. The first kappa shape index (κ1) is 10.5. The third-order valence-corrected chi connectivity index (χ3v) is 2.40. The standard InChI is InChI=1S/C10H18N2O/c1-2-3-4-10(12-11)7-9-5-6-13-8-9/h9-10,12H,4-8,11H2,1H3. The predicted molar refractivity (Wildman–Crippen MR) is 52.7 cm³/mol. The molecule has 3 nitrogen and oxygen atoms in total. The molecular weight excluding hydrogens is 164 g/mol. The van der Waals surface area contributed by atoms with Crippen LogP contribution in [-0.2, 0) is 4.74 Å². The van der Waals surface area contributed by atoms with E-state index in [0.717, 1.165) is 32.5 Å². The molecule has 3 heteroatoms. The van der Waals surface area contributed by atoms with Crippen LogP contribution in [-0.4, -0.2) is 19.3 Å². The summed E-state index contributed by atoms with van der Waals surface area (Å²) >= 11 is 0. The maximum atomic E-state index is 5.43. The van der Waals surface area contributed by atoms with Gasteiger partial charge in [-0.2, -0.15) is 0 Å². The Labute approximate surface area is 80.0 Å². The van der Waals surface area contributed by atoms with Crippen molar-refractivity contribution in [3.63, 3.8) is 0 Å². The topological polar surface area (TPSA) is 47.3 Å². The van der Waals surface area contributed by atoms with E-state index in [1.54, 1.807) is 0 Å². The van der Waals surface area contributed by atoms with Crippen LogP contribution in [0.15, 0.2) is 0 Å². The molecule has 13 heavy (non-hydrogen) atoms. The van der Waals surface area contributed by atoms with Crippen LogP contribution in [0.5, 0.6) is 0 Å². The lowest BCUT2D eigenvalue weighted by molar-refractivity contribution is 0.181. The molecule has 2 atom stereocenters. The number of nitrogens with one attached hydrogen (secondary N) is 1. The van der Waals surface area contributed by atoms with Crippen molar-refractivity contribution >= 4 is 0 Å². The van der Waals surface area contributed by atoms with Gasteiger partial charge in [0.05, 0.1) is 0 Å². The average Bonchev–Trinajstić information content (AvgIpc) is 2.64. The summed E-state index contributed by atoms with van der Waals surface area (Å²) in [6, 6.07) is 0.319. The van der Waals surface area contributed by atoms with Crippen molar-refractivity contribution in [3.05, 3.63) is 0 Å². The van der Waals surface area contributed by atoms with Gasteiger partial charge in [-0.3, -0.25) is 11.3 Å². The summed E-state index contributed by atoms with van der Waals surface area (Å²) in [6.07, 6.45) is 3.08. The zero-order valence-electron chi connectivity index (χ0n) is 8.18. The molecule has 0 bridgehead atoms. The quantitative estimate of drug-likeness (QED) is 0.381. The fourth-order valence-electron chi connectivity index (χ4n) is 1.61. The van der Waals surface area contributed by atoms with Crippen LogP contribution >= 0.6 is 0 Å². The van der Waals surface area contributed by atoms with Gasteiger partial charge in [0.2, 0.25) is 0 Å². The van der Waals surface area contributed by atoms with Gasteiger partial charge in [0.25, 0.3) is 0 Å². The van der Waals surface area contributed by atoms with Gasteiger partial charge in [0, 0.05) is 25.7 Å². The van der Waals surface area contributed by atoms with E-state index in [2.05, 4.69) is 17.3 Å². The minimum Gasteiger partial charge on any atom is -0.381 e. The average molecular weight is 182 g/mol. The monoisotopic (exact) mass is 182 g/mol. The summed E-state index contributed by atoms with van der Waals surface area (Å²) in [6.45, 7) is 3.64. The van der Waals surface area contributed by atoms with Crippen LogP contribution in [0, 0.1) is 17.8 Å². The first-order valence-corrected chi connectivity index (χ1v) is 4.80. The molecule has 0 aromatic carbocycles. The van der Waals surface area contributed by atoms with E-state index in [-0.39, 0.29) is 0 Å². The molecule has 0 spiro atoms. The zero-order valence-corrected chi connectivity index (χ0v) is 8.18. The Kier molecular flexibility index (Phi) is 4.84. The highest BCUT2D eigenvalue weighted by Crippen LogP contribution is 2.18. The lowest BCUT2D eigenvalue weighted by Crippen LogP contribution is -2.36. The molecule has 0 saturated carbocycles. The highest BCUT2D eigenvalue weighted by Gasteiger charge is 2.19. The Bertz CT molecular complexity index is 189. The first-order chi connectivity index (χ1) is 6.36. The molecule has 1 heterocycles. The highest BCUT2D eigenvalue weighted by atomic mass is 16.5. The summed E-state index contributed by atoms with van der Waals surface area (Å²) < 4.78 is 5.30. The number of nitrogens with two attached hydrogens (primary N) is 1. The molecule has 1 aliphatic heterocycles. The second-order valence-electron chi connectivity index (χ2n) is 3.46. The van der Waals surface area contributed by atoms with Gasteiger partial charge in [-0.05, 0) is 25.7 Å². The summed E-state index contributed by atoms with van der Waals surface area (Å²) in [5.41, 5.74) is 2.81. The maximum Gasteiger partial charge on any atom is 0.0495 e. The van der Waals surface area contributed by atoms with Crippen LogP contribution in [0.25, 0.3) is 0 Å². The summed E-state index contributed by atoms with van der Waals surface area (Å²) in [7, 11) is 0. The summed E-state index contributed by atoms with van der Waals surface area (Å²) in [5.74, 6) is 12.0. The second-order valence-corrected chi connectivity index (χ2v) is 3.46. The summed E-state index contributed by atoms with van der Waals surface area (Å²) in [5, 5.41) is 0. The van der Waals surface area contributed by atoms with Crippen LogP contribution in [0.1, 0.15) is 26.2 Å². The lowest BCUT2D eigenvalue weighted by Gasteiger charge is -2.16. The molecule has 0 radical (unpaired) electrons. The lowest BCUT2D eigenvalue weighted by atomic mass is 9.98. The van der Waals surface area contributed by atoms with Crippen LogP contribution in [0.2, 0.25) is 0 Å². The minimum absolute atomic E-state index is 0.319. The van der Waals surface area contributed by atoms with Crippen molar-refractivity contribution < 1.29 is 4.74 Å². The molecule has 1 rings (SSSR count). The van der Waals surface area contributed by atoms with Crippen molar-refractivity contribution in [2.75, 3.05) is 13.2 Å². The van der Waals surface area contributed by atoms with E-state index >= 15 is 0 Å². The molecule has 1 saturated heterocycles. The van der Waals surface area contributed by atoms with Crippen LogP contribution in [0.4, 0.5) is 0 Å². The van der Waals surface area contributed by atoms with Gasteiger partial charge in [-0.25, -0.2) is 0 Å². The summed E-state index contributed by atoms with van der Waals surface area (Å²) in [4.78, 5) is 0. The minimum atomic E-state index is 0.319. The molecule has 74 valence electrons. The van der Waals surface area contributed by atoms with E-state index in [1.807, 2.05) is 6.92 Å². The number of hydrogen-bond acceptors (Lipinski definition) is 3. The van der Waals surface area contributed by atoms with E-state index in [0.29, 0.717) is 12.0 Å². The number of rotatable bonds is 4.